The maximum Gasteiger partial charge on any atom is 0.311 e. The number of methoxy groups -OCH3 is 1. The maximum atomic E-state index is 11.7. The van der Waals surface area contributed by atoms with E-state index >= 15 is 0 Å². The lowest BCUT2D eigenvalue weighted by atomic mass is 9.92. The van der Waals surface area contributed by atoms with Crippen molar-refractivity contribution < 1.29 is 71.1 Å². The first kappa shape index (κ1) is 87.6. The van der Waals surface area contributed by atoms with Crippen LogP contribution in [0.2, 0.25) is 0 Å². The van der Waals surface area contributed by atoms with E-state index in [0.717, 1.165) is 24.0 Å². The number of ether oxygens (including phenoxy) is 7. The summed E-state index contributed by atoms with van der Waals surface area (Å²) in [5.41, 5.74) is -0.206. The molecule has 0 saturated heterocycles. The van der Waals surface area contributed by atoms with Crippen LogP contribution in [0.5, 0.6) is 0 Å². The van der Waals surface area contributed by atoms with Gasteiger partial charge in [-0.25, -0.2) is 9.07 Å². The van der Waals surface area contributed by atoms with E-state index in [2.05, 4.69) is 22.0 Å². The molecule has 2 aromatic carbocycles. The highest BCUT2D eigenvalue weighted by Crippen LogP contribution is 2.27. The van der Waals surface area contributed by atoms with E-state index < -0.39 is 37.5 Å². The van der Waals surface area contributed by atoms with Crippen molar-refractivity contribution in [2.24, 2.45) is 37.9 Å². The van der Waals surface area contributed by atoms with Gasteiger partial charge in [0.2, 0.25) is 3.79 Å². The number of aromatic nitrogens is 3. The molecule has 22 heteroatoms. The molecule has 0 fully saturated rings. The van der Waals surface area contributed by atoms with Gasteiger partial charge in [-0.3, -0.25) is 33.6 Å². The molecular formula is C64H104Cl4FN3O14. The van der Waals surface area contributed by atoms with E-state index in [1.807, 2.05) is 165 Å². The number of nitrogens with zero attached hydrogens (tertiary/aromatic N) is 3. The van der Waals surface area contributed by atoms with Gasteiger partial charge < -0.3 is 33.2 Å². The van der Waals surface area contributed by atoms with Crippen molar-refractivity contribution in [3.8, 4) is 0 Å². The molecule has 0 unspecified atom stereocenters. The van der Waals surface area contributed by atoms with Crippen LogP contribution < -0.4 is 0 Å². The average Bonchev–Trinajstić information content (AvgIpc) is 4.09. The Morgan fingerprint density at radius 1 is 0.477 bits per heavy atom. The van der Waals surface area contributed by atoms with E-state index in [0.29, 0.717) is 38.7 Å². The molecule has 1 heterocycles. The van der Waals surface area contributed by atoms with Crippen LogP contribution in [0.25, 0.3) is 0 Å². The van der Waals surface area contributed by atoms with Crippen molar-refractivity contribution in [1.29, 1.82) is 0 Å². The normalized spacial score (nSPS) is 11.5. The molecule has 86 heavy (non-hydrogen) atoms. The first-order valence-electron chi connectivity index (χ1n) is 28.2. The number of hydrogen-bond donors (Lipinski definition) is 0. The molecule has 0 aliphatic rings. The summed E-state index contributed by atoms with van der Waals surface area (Å²) < 4.78 is 45.9. The summed E-state index contributed by atoms with van der Waals surface area (Å²) >= 11 is 21.4. The first-order valence-corrected chi connectivity index (χ1v) is 29.9. The van der Waals surface area contributed by atoms with Gasteiger partial charge in [-0.15, -0.1) is 16.7 Å². The number of halogens is 5. The number of rotatable bonds is 16. The Bertz CT molecular complexity index is 2340. The lowest BCUT2D eigenvalue weighted by Crippen LogP contribution is -2.26. The fourth-order valence-corrected chi connectivity index (χ4v) is 4.98. The highest BCUT2D eigenvalue weighted by Gasteiger charge is 2.29. The third-order valence-electron chi connectivity index (χ3n) is 9.90. The Morgan fingerprint density at radius 3 is 1.17 bits per heavy atom. The summed E-state index contributed by atoms with van der Waals surface area (Å²) in [6.07, 6.45) is 3.82. The summed E-state index contributed by atoms with van der Waals surface area (Å²) in [4.78, 5) is 77.9. The van der Waals surface area contributed by atoms with E-state index in [9.17, 15) is 38.0 Å². The minimum Gasteiger partial charge on any atom is -0.465 e. The van der Waals surface area contributed by atoms with Gasteiger partial charge in [0, 0.05) is 12.5 Å². The third-order valence-corrected chi connectivity index (χ3v) is 10.5. The van der Waals surface area contributed by atoms with Crippen molar-refractivity contribution >= 4 is 88.0 Å². The molecule has 0 N–H and O–H groups in total. The van der Waals surface area contributed by atoms with E-state index in [4.69, 9.17) is 74.8 Å². The van der Waals surface area contributed by atoms with E-state index in [-0.39, 0.29) is 78.1 Å². The maximum absolute atomic E-state index is 11.7. The minimum absolute atomic E-state index is 0.0965. The predicted octanol–water partition coefficient (Wildman–Crippen LogP) is 15.1. The standard InChI is InChI=1S/C15H19N3O2.C12H16O2.C9H18O2.C8H16O3.C7H11Cl3O2.C7H13FO2.C6H11ClO/c1-15(2,3)14(19)20-11-13-10-18(17-16-13)9-12-7-5-4-6-8-12;1-12(2,3)11(13)14-9-10-7-5-4-6-8-10;1-5-6-7-11-8(10)9(2,3)4;1-8(2,3)7(9)11-6-5-10-4;1-6(2,3)5(11)12-4-7(8,9)10;1-7(2,3)6(9)10-5-4-8;1-6(2,3)5(8)4-7/h4-8,10H,9,11H2,1-3H3;4-8H,9H2,1-3H3;5-7H2,1-4H3;5-6H2,1-4H3;4H2,1-3H3;4-5H2,1-3H3;4H2,1-3H3. The van der Waals surface area contributed by atoms with Gasteiger partial charge >= 0.3 is 35.8 Å². The molecule has 0 aliphatic carbocycles. The van der Waals surface area contributed by atoms with Gasteiger partial charge in [0.1, 0.15) is 45.4 Å². The van der Waals surface area contributed by atoms with Crippen molar-refractivity contribution in [3.63, 3.8) is 0 Å². The van der Waals surface area contributed by atoms with Crippen LogP contribution >= 0.6 is 46.4 Å². The SMILES string of the molecule is CC(C)(C)C(=O)CCl.CC(C)(C)C(=O)OCC(Cl)(Cl)Cl.CC(C)(C)C(=O)OCCF.CC(C)(C)C(=O)OCc1ccccc1.CC(C)(C)C(=O)OCc1cn(Cc2ccccc2)nn1.CCCCOC(=O)C(C)(C)C.COCCOC(=O)C(C)(C)C. The van der Waals surface area contributed by atoms with Crippen LogP contribution in [0, 0.1) is 37.9 Å². The van der Waals surface area contributed by atoms with E-state index in [1.54, 1.807) is 59.5 Å². The summed E-state index contributed by atoms with van der Waals surface area (Å²) in [7, 11) is 1.57. The molecule has 0 bridgehead atoms. The fraction of sp³-hybridized carbons (Fsp3) is 0.672. The molecule has 0 aliphatic heterocycles. The number of alkyl halides is 5. The number of unbranched alkanes of at least 4 members (excludes halogenated alkanes) is 1. The number of carbonyl (C=O) groups is 7. The van der Waals surface area contributed by atoms with Crippen molar-refractivity contribution in [1.82, 2.24) is 15.0 Å². The molecule has 17 nitrogen and oxygen atoms in total. The zero-order valence-electron chi connectivity index (χ0n) is 55.8. The highest BCUT2D eigenvalue weighted by atomic mass is 35.6. The summed E-state index contributed by atoms with van der Waals surface area (Å²) in [5, 5.41) is 8.03. The van der Waals surface area contributed by atoms with Crippen molar-refractivity contribution in [2.45, 2.75) is 189 Å². The number of carbonyl (C=O) groups excluding carboxylic acids is 7. The minimum atomic E-state index is -1.53. The molecule has 3 aromatic rings. The Kier molecular flexibility index (Phi) is 43.7. The number of benzene rings is 2. The summed E-state index contributed by atoms with van der Waals surface area (Å²) in [6, 6.07) is 19.7. The smallest absolute Gasteiger partial charge is 0.311 e. The highest BCUT2D eigenvalue weighted by molar-refractivity contribution is 6.67. The number of esters is 6. The number of Topliss-reactive ketones (excluding diaryl/α,β-unsaturated/α-hetero) is 1. The van der Waals surface area contributed by atoms with Crippen LogP contribution in [0.3, 0.4) is 0 Å². The van der Waals surface area contributed by atoms with Crippen LogP contribution in [-0.4, -0.2) is 113 Å². The topological polar surface area (TPSA) is 215 Å². The Balaban J connectivity index is -0.000000466. The number of hydrogen-bond acceptors (Lipinski definition) is 16. The lowest BCUT2D eigenvalue weighted by molar-refractivity contribution is -0.155. The molecule has 0 spiro atoms. The van der Waals surface area contributed by atoms with Gasteiger partial charge in [0.05, 0.1) is 64.3 Å². The second-order valence-electron chi connectivity index (χ2n) is 26.5. The Hall–Kier alpha value is -4.88. The molecule has 0 radical (unpaired) electrons. The molecular weight excluding hydrogens is 1200 g/mol. The molecule has 0 saturated carbocycles. The second kappa shape index (κ2) is 42.9. The van der Waals surface area contributed by atoms with Gasteiger partial charge in [0.25, 0.3) is 0 Å². The van der Waals surface area contributed by atoms with Crippen LogP contribution in [0.4, 0.5) is 4.39 Å². The molecule has 494 valence electrons. The molecule has 0 amide bonds. The average molecular weight is 1300 g/mol. The predicted molar refractivity (Wildman–Crippen MR) is 340 cm³/mol. The van der Waals surface area contributed by atoms with Crippen molar-refractivity contribution in [3.05, 3.63) is 83.7 Å². The van der Waals surface area contributed by atoms with Crippen molar-refractivity contribution in [2.75, 3.05) is 52.7 Å². The molecule has 1 aromatic heterocycles. The summed E-state index contributed by atoms with van der Waals surface area (Å²) in [5.74, 6) is -1.21. The Labute approximate surface area is 534 Å². The third kappa shape index (κ3) is 50.2. The molecule has 3 rings (SSSR count). The lowest BCUT2D eigenvalue weighted by Gasteiger charge is -2.18. The van der Waals surface area contributed by atoms with Crippen LogP contribution in [0.1, 0.15) is 182 Å². The quantitative estimate of drug-likeness (QED) is 0.0564. The largest absolute Gasteiger partial charge is 0.465 e. The zero-order chi connectivity index (χ0) is 68.0. The summed E-state index contributed by atoms with van der Waals surface area (Å²) in [6.45, 7) is 41.7. The van der Waals surface area contributed by atoms with Crippen LogP contribution in [0.15, 0.2) is 66.9 Å². The van der Waals surface area contributed by atoms with Gasteiger partial charge in [-0.1, -0.05) is 135 Å². The first-order chi connectivity index (χ1) is 39.0. The van der Waals surface area contributed by atoms with Gasteiger partial charge in [-0.2, -0.15) is 0 Å². The van der Waals surface area contributed by atoms with Gasteiger partial charge in [-0.05, 0) is 142 Å². The monoisotopic (exact) mass is 1300 g/mol. The Morgan fingerprint density at radius 2 is 0.837 bits per heavy atom. The van der Waals surface area contributed by atoms with Crippen LogP contribution in [-0.2, 0) is 86.5 Å². The number of ketones is 1. The fourth-order valence-electron chi connectivity index (χ4n) is 4.42. The second-order valence-corrected chi connectivity index (χ2v) is 29.3. The van der Waals surface area contributed by atoms with E-state index in [1.165, 1.54) is 0 Å². The molecule has 0 atom stereocenters. The zero-order valence-corrected chi connectivity index (χ0v) is 58.8. The van der Waals surface area contributed by atoms with Gasteiger partial charge in [0.15, 0.2) is 5.78 Å².